The van der Waals surface area contributed by atoms with Crippen LogP contribution in [0.2, 0.25) is 0 Å². The van der Waals surface area contributed by atoms with Crippen LogP contribution >= 0.6 is 0 Å². The van der Waals surface area contributed by atoms with Crippen LogP contribution in [0.5, 0.6) is 5.88 Å². The standard InChI is InChI=1S/C29H30N2O4/c1-34-25-12-5-13-26-24(25)20-21(23-11-6-16-30-27(23)35-26)8-7-17-31-18-14-29(15-19-31,28(32)33)22-9-3-2-4-10-22/h2-6,8-13,16,20,25H,7,14-15,17-19H2,1H3,(H,32,33). The lowest BCUT2D eigenvalue weighted by molar-refractivity contribution is -0.146. The molecule has 3 heterocycles. The molecule has 35 heavy (non-hydrogen) atoms. The van der Waals surface area contributed by atoms with E-state index in [1.807, 2.05) is 60.7 Å². The lowest BCUT2D eigenvalue weighted by atomic mass is 9.73. The topological polar surface area (TPSA) is 71.9 Å². The number of rotatable bonds is 6. The number of hydrogen-bond acceptors (Lipinski definition) is 5. The highest BCUT2D eigenvalue weighted by Crippen LogP contribution is 2.38. The molecule has 5 rings (SSSR count). The number of aliphatic carboxylic acids is 1. The minimum Gasteiger partial charge on any atom is -0.481 e. The maximum atomic E-state index is 12.2. The molecule has 1 aliphatic carbocycles. The molecule has 0 bridgehead atoms. The molecule has 1 saturated heterocycles. The monoisotopic (exact) mass is 470 g/mol. The second-order valence-corrected chi connectivity index (χ2v) is 9.17. The maximum Gasteiger partial charge on any atom is 0.314 e. The van der Waals surface area contributed by atoms with Crippen molar-refractivity contribution >= 4 is 11.5 Å². The van der Waals surface area contributed by atoms with Gasteiger partial charge in [-0.05, 0) is 67.8 Å². The predicted octanol–water partition coefficient (Wildman–Crippen LogP) is 4.76. The third-order valence-corrected chi connectivity index (χ3v) is 7.23. The quantitative estimate of drug-likeness (QED) is 0.656. The summed E-state index contributed by atoms with van der Waals surface area (Å²) < 4.78 is 11.8. The molecule has 0 spiro atoms. The van der Waals surface area contributed by atoms with Gasteiger partial charge in [-0.3, -0.25) is 4.79 Å². The number of methoxy groups -OCH3 is 1. The number of ether oxygens (including phenoxy) is 2. The smallest absolute Gasteiger partial charge is 0.314 e. The van der Waals surface area contributed by atoms with E-state index in [2.05, 4.69) is 22.0 Å². The SMILES string of the molecule is COC1C=CC=C2Oc3ncccc3C(=CCCN3CCC(C(=O)O)(c4ccccc4)CC3)C=C21. The number of pyridine rings is 1. The molecule has 1 atom stereocenters. The van der Waals surface area contributed by atoms with E-state index in [0.717, 1.165) is 54.1 Å². The van der Waals surface area contributed by atoms with Crippen LogP contribution in [0.3, 0.4) is 0 Å². The first-order chi connectivity index (χ1) is 17.1. The average Bonchev–Trinajstić information content (AvgIpc) is 3.06. The lowest BCUT2D eigenvalue weighted by Gasteiger charge is -2.39. The Morgan fingerprint density at radius 3 is 2.77 bits per heavy atom. The van der Waals surface area contributed by atoms with Crippen molar-refractivity contribution in [2.75, 3.05) is 26.7 Å². The highest BCUT2D eigenvalue weighted by Gasteiger charge is 2.42. The van der Waals surface area contributed by atoms with Crippen LogP contribution in [-0.2, 0) is 14.9 Å². The zero-order valence-electron chi connectivity index (χ0n) is 19.9. The Bertz CT molecular complexity index is 1200. The van der Waals surface area contributed by atoms with Gasteiger partial charge in [-0.1, -0.05) is 48.6 Å². The minimum absolute atomic E-state index is 0.170. The van der Waals surface area contributed by atoms with Gasteiger partial charge in [0.2, 0.25) is 5.88 Å². The molecule has 0 saturated carbocycles. The van der Waals surface area contributed by atoms with Crippen LogP contribution < -0.4 is 4.74 Å². The number of likely N-dealkylation sites (tertiary alicyclic amines) is 1. The van der Waals surface area contributed by atoms with E-state index in [-0.39, 0.29) is 6.10 Å². The Balaban J connectivity index is 1.31. The Kier molecular flexibility index (Phi) is 6.66. The van der Waals surface area contributed by atoms with Crippen molar-refractivity contribution in [2.24, 2.45) is 0 Å². The van der Waals surface area contributed by atoms with Gasteiger partial charge in [-0.15, -0.1) is 0 Å². The number of carboxylic acid groups (broad SMARTS) is 1. The molecule has 1 unspecified atom stereocenters. The van der Waals surface area contributed by atoms with Crippen LogP contribution in [0.1, 0.15) is 30.4 Å². The van der Waals surface area contributed by atoms with E-state index >= 15 is 0 Å². The highest BCUT2D eigenvalue weighted by molar-refractivity contribution is 5.82. The molecule has 6 heteroatoms. The van der Waals surface area contributed by atoms with E-state index in [0.29, 0.717) is 18.7 Å². The van der Waals surface area contributed by atoms with E-state index in [1.165, 1.54) is 0 Å². The number of allylic oxidation sites excluding steroid dienone is 4. The van der Waals surface area contributed by atoms with E-state index in [9.17, 15) is 9.90 Å². The van der Waals surface area contributed by atoms with Gasteiger partial charge in [0.1, 0.15) is 11.9 Å². The van der Waals surface area contributed by atoms with Crippen LogP contribution in [0.15, 0.2) is 90.4 Å². The fourth-order valence-electron chi connectivity index (χ4n) is 5.19. The summed E-state index contributed by atoms with van der Waals surface area (Å²) in [4.78, 5) is 19.1. The molecule has 1 aromatic heterocycles. The molecule has 3 aliphatic rings. The molecular weight excluding hydrogens is 440 g/mol. The van der Waals surface area contributed by atoms with Crippen molar-refractivity contribution in [3.8, 4) is 5.88 Å². The van der Waals surface area contributed by atoms with Crippen molar-refractivity contribution in [3.63, 3.8) is 0 Å². The fraction of sp³-hybridized carbons (Fsp3) is 0.310. The van der Waals surface area contributed by atoms with Gasteiger partial charge in [0, 0.05) is 31.0 Å². The number of carbonyl (C=O) groups is 1. The summed E-state index contributed by atoms with van der Waals surface area (Å²) >= 11 is 0. The van der Waals surface area contributed by atoms with E-state index in [1.54, 1.807) is 13.3 Å². The van der Waals surface area contributed by atoms with Crippen LogP contribution in [0.25, 0.3) is 5.57 Å². The van der Waals surface area contributed by atoms with Crippen LogP contribution in [0, 0.1) is 0 Å². The van der Waals surface area contributed by atoms with Gasteiger partial charge < -0.3 is 19.5 Å². The van der Waals surface area contributed by atoms with Crippen molar-refractivity contribution in [2.45, 2.75) is 30.8 Å². The molecule has 1 N–H and O–H groups in total. The predicted molar refractivity (Wildman–Crippen MR) is 135 cm³/mol. The zero-order chi connectivity index (χ0) is 24.3. The van der Waals surface area contributed by atoms with Crippen LogP contribution in [-0.4, -0.2) is 53.8 Å². The molecule has 2 aromatic rings. The first-order valence-electron chi connectivity index (χ1n) is 12.1. The zero-order valence-corrected chi connectivity index (χ0v) is 19.9. The van der Waals surface area contributed by atoms with Crippen LogP contribution in [0.4, 0.5) is 0 Å². The molecule has 1 fully saturated rings. The summed E-state index contributed by atoms with van der Waals surface area (Å²) in [5.74, 6) is 0.621. The van der Waals surface area contributed by atoms with Gasteiger partial charge in [0.05, 0.1) is 5.41 Å². The van der Waals surface area contributed by atoms with Gasteiger partial charge in [-0.2, -0.15) is 0 Å². The maximum absolute atomic E-state index is 12.2. The first-order valence-corrected chi connectivity index (χ1v) is 12.1. The number of benzene rings is 1. The summed E-state index contributed by atoms with van der Waals surface area (Å²) in [6.07, 6.45) is 13.9. The number of aromatic nitrogens is 1. The van der Waals surface area contributed by atoms with Crippen molar-refractivity contribution < 1.29 is 19.4 Å². The molecule has 180 valence electrons. The molecule has 0 amide bonds. The average molecular weight is 471 g/mol. The second kappa shape index (κ2) is 10.0. The van der Waals surface area contributed by atoms with Gasteiger partial charge in [-0.25, -0.2) is 4.98 Å². The van der Waals surface area contributed by atoms with Gasteiger partial charge >= 0.3 is 5.97 Å². The Labute approximate surface area is 205 Å². The number of fused-ring (bicyclic) bond motifs is 2. The summed E-state index contributed by atoms with van der Waals surface area (Å²) in [6.45, 7) is 2.39. The molecule has 2 aliphatic heterocycles. The van der Waals surface area contributed by atoms with Gasteiger partial charge in [0.15, 0.2) is 0 Å². The number of hydrogen-bond donors (Lipinski definition) is 1. The molecule has 1 aromatic carbocycles. The number of piperidine rings is 1. The largest absolute Gasteiger partial charge is 0.481 e. The second-order valence-electron chi connectivity index (χ2n) is 9.17. The Hall–Kier alpha value is -3.48. The molecule has 6 nitrogen and oxygen atoms in total. The molecule has 0 radical (unpaired) electrons. The van der Waals surface area contributed by atoms with Crippen molar-refractivity contribution in [1.82, 2.24) is 9.88 Å². The van der Waals surface area contributed by atoms with E-state index in [4.69, 9.17) is 9.47 Å². The summed E-state index contributed by atoms with van der Waals surface area (Å²) in [7, 11) is 1.70. The fourth-order valence-corrected chi connectivity index (χ4v) is 5.19. The Morgan fingerprint density at radius 2 is 2.03 bits per heavy atom. The summed E-state index contributed by atoms with van der Waals surface area (Å²) in [5.41, 5.74) is 3.10. The number of carboxylic acids is 1. The highest BCUT2D eigenvalue weighted by atomic mass is 16.5. The minimum atomic E-state index is -0.795. The van der Waals surface area contributed by atoms with Crippen molar-refractivity contribution in [3.05, 3.63) is 102 Å². The third-order valence-electron chi connectivity index (χ3n) is 7.23. The number of nitrogens with zero attached hydrogens (tertiary/aromatic N) is 2. The van der Waals surface area contributed by atoms with Crippen molar-refractivity contribution in [1.29, 1.82) is 0 Å². The molecular formula is C29H30N2O4. The summed E-state index contributed by atoms with van der Waals surface area (Å²) in [6, 6.07) is 13.6. The van der Waals surface area contributed by atoms with Gasteiger partial charge in [0.25, 0.3) is 0 Å². The Morgan fingerprint density at radius 1 is 1.23 bits per heavy atom. The third kappa shape index (κ3) is 4.59. The first kappa shape index (κ1) is 23.3. The normalized spacial score (nSPS) is 22.3. The van der Waals surface area contributed by atoms with E-state index < -0.39 is 11.4 Å². The lowest BCUT2D eigenvalue weighted by Crippen LogP contribution is -2.47. The summed E-state index contributed by atoms with van der Waals surface area (Å²) in [5, 5.41) is 10.1.